The highest BCUT2D eigenvalue weighted by molar-refractivity contribution is 7.09. The molecule has 1 unspecified atom stereocenters. The first-order chi connectivity index (χ1) is 10.2. The van der Waals surface area contributed by atoms with E-state index in [1.165, 1.54) is 30.9 Å². The Labute approximate surface area is 132 Å². The number of hydrogen-bond donors (Lipinski definition) is 1. The lowest BCUT2D eigenvalue weighted by molar-refractivity contribution is 0.341. The molecule has 2 rings (SSSR count). The molecule has 1 atom stereocenters. The molecule has 2 heterocycles. The Morgan fingerprint density at radius 1 is 1.57 bits per heavy atom. The Balaban J connectivity index is 1.72. The van der Waals surface area contributed by atoms with Gasteiger partial charge in [0.2, 0.25) is 0 Å². The van der Waals surface area contributed by atoms with Crippen LogP contribution in [0.4, 0.5) is 0 Å². The fourth-order valence-electron chi connectivity index (χ4n) is 2.83. The number of nitrogens with zero attached hydrogens (tertiary/aromatic N) is 3. The van der Waals surface area contributed by atoms with E-state index in [-0.39, 0.29) is 0 Å². The summed E-state index contributed by atoms with van der Waals surface area (Å²) in [4.78, 5) is 10.6. The van der Waals surface area contributed by atoms with Gasteiger partial charge in [0.05, 0.1) is 0 Å². The van der Waals surface area contributed by atoms with E-state index < -0.39 is 0 Å². The second-order valence-electron chi connectivity index (χ2n) is 5.73. The summed E-state index contributed by atoms with van der Waals surface area (Å²) in [5, 5.41) is 5.68. The molecule has 0 aromatic carbocycles. The summed E-state index contributed by atoms with van der Waals surface area (Å²) in [7, 11) is 3.99. The quantitative estimate of drug-likeness (QED) is 0.645. The van der Waals surface area contributed by atoms with Crippen molar-refractivity contribution < 1.29 is 0 Å². The van der Waals surface area contributed by atoms with Gasteiger partial charge in [-0.2, -0.15) is 0 Å². The number of nitrogens with one attached hydrogen (secondary N) is 1. The van der Waals surface area contributed by atoms with Gasteiger partial charge in [0.15, 0.2) is 5.96 Å². The van der Waals surface area contributed by atoms with Crippen LogP contribution in [0, 0.1) is 5.92 Å². The first kappa shape index (κ1) is 16.3. The topological polar surface area (TPSA) is 30.9 Å². The van der Waals surface area contributed by atoms with E-state index >= 15 is 0 Å². The van der Waals surface area contributed by atoms with Gasteiger partial charge < -0.3 is 15.1 Å². The molecule has 1 aliphatic heterocycles. The lowest BCUT2D eigenvalue weighted by atomic mass is 10.1. The summed E-state index contributed by atoms with van der Waals surface area (Å²) in [6.45, 7) is 7.92. The highest BCUT2D eigenvalue weighted by atomic mass is 32.1. The Kier molecular flexibility index (Phi) is 6.51. The molecular weight excluding hydrogens is 280 g/mol. The molecule has 0 amide bonds. The fraction of sp³-hybridized carbons (Fsp3) is 0.688. The SMILES string of the molecule is CCN1CCC(CNC(=NC)N(C)CCc2cccs2)C1. The van der Waals surface area contributed by atoms with Crippen LogP contribution in [-0.4, -0.2) is 62.6 Å². The molecule has 0 spiro atoms. The maximum atomic E-state index is 4.41. The van der Waals surface area contributed by atoms with Crippen LogP contribution in [0.25, 0.3) is 0 Å². The zero-order chi connectivity index (χ0) is 15.1. The largest absolute Gasteiger partial charge is 0.356 e. The van der Waals surface area contributed by atoms with Gasteiger partial charge >= 0.3 is 0 Å². The Hall–Kier alpha value is -1.07. The number of rotatable bonds is 6. The number of guanidine groups is 1. The van der Waals surface area contributed by atoms with Crippen molar-refractivity contribution in [2.24, 2.45) is 10.9 Å². The van der Waals surface area contributed by atoms with Crippen molar-refractivity contribution in [1.29, 1.82) is 0 Å². The maximum Gasteiger partial charge on any atom is 0.193 e. The molecule has 0 aliphatic carbocycles. The van der Waals surface area contributed by atoms with Crippen LogP contribution in [0.2, 0.25) is 0 Å². The first-order valence-corrected chi connectivity index (χ1v) is 8.77. The van der Waals surface area contributed by atoms with Crippen molar-refractivity contribution in [2.75, 3.05) is 46.8 Å². The monoisotopic (exact) mass is 308 g/mol. The predicted octanol–water partition coefficient (Wildman–Crippen LogP) is 2.14. The van der Waals surface area contributed by atoms with E-state index in [1.807, 2.05) is 18.4 Å². The van der Waals surface area contributed by atoms with Gasteiger partial charge in [-0.3, -0.25) is 4.99 Å². The van der Waals surface area contributed by atoms with Crippen LogP contribution < -0.4 is 5.32 Å². The van der Waals surface area contributed by atoms with Crippen molar-refractivity contribution in [2.45, 2.75) is 19.8 Å². The highest BCUT2D eigenvalue weighted by Crippen LogP contribution is 2.14. The second kappa shape index (κ2) is 8.39. The van der Waals surface area contributed by atoms with E-state index in [0.29, 0.717) is 0 Å². The lowest BCUT2D eigenvalue weighted by Crippen LogP contribution is -2.42. The third-order valence-electron chi connectivity index (χ3n) is 4.21. The van der Waals surface area contributed by atoms with Crippen molar-refractivity contribution in [3.05, 3.63) is 22.4 Å². The maximum absolute atomic E-state index is 4.41. The van der Waals surface area contributed by atoms with Crippen LogP contribution >= 0.6 is 11.3 Å². The lowest BCUT2D eigenvalue weighted by Gasteiger charge is -2.23. The summed E-state index contributed by atoms with van der Waals surface area (Å²) in [6.07, 6.45) is 2.39. The normalized spacial score (nSPS) is 20.0. The Morgan fingerprint density at radius 3 is 3.05 bits per heavy atom. The number of likely N-dealkylation sites (tertiary alicyclic amines) is 1. The standard InChI is InChI=1S/C16H28N4S/c1-4-20-10-7-14(13-20)12-18-16(17-2)19(3)9-8-15-6-5-11-21-15/h5-6,11,14H,4,7-10,12-13H2,1-3H3,(H,17,18). The third-order valence-corrected chi connectivity index (χ3v) is 5.15. The van der Waals surface area contributed by atoms with Crippen LogP contribution in [0.1, 0.15) is 18.2 Å². The average molecular weight is 308 g/mol. The minimum absolute atomic E-state index is 0.757. The zero-order valence-corrected chi connectivity index (χ0v) is 14.3. The van der Waals surface area contributed by atoms with Gasteiger partial charge in [0.1, 0.15) is 0 Å². The third kappa shape index (κ3) is 5.00. The molecule has 4 nitrogen and oxygen atoms in total. The molecular formula is C16H28N4S. The summed E-state index contributed by atoms with van der Waals surface area (Å²) in [6, 6.07) is 4.32. The Bertz CT molecular complexity index is 429. The van der Waals surface area contributed by atoms with Gasteiger partial charge in [0.25, 0.3) is 0 Å². The molecule has 0 radical (unpaired) electrons. The van der Waals surface area contributed by atoms with E-state index in [1.54, 1.807) is 0 Å². The van der Waals surface area contributed by atoms with E-state index in [0.717, 1.165) is 31.4 Å². The van der Waals surface area contributed by atoms with Crippen LogP contribution in [0.5, 0.6) is 0 Å². The predicted molar refractivity (Wildman–Crippen MR) is 92.2 cm³/mol. The van der Waals surface area contributed by atoms with Gasteiger partial charge in [0, 0.05) is 38.6 Å². The van der Waals surface area contributed by atoms with Crippen molar-refractivity contribution in [3.63, 3.8) is 0 Å². The molecule has 1 aromatic heterocycles. The number of hydrogen-bond acceptors (Lipinski definition) is 3. The van der Waals surface area contributed by atoms with Crippen LogP contribution in [0.15, 0.2) is 22.5 Å². The van der Waals surface area contributed by atoms with Crippen molar-refractivity contribution in [1.82, 2.24) is 15.1 Å². The van der Waals surface area contributed by atoms with E-state index in [9.17, 15) is 0 Å². The summed E-state index contributed by atoms with van der Waals surface area (Å²) in [5.74, 6) is 1.77. The summed E-state index contributed by atoms with van der Waals surface area (Å²) >= 11 is 1.83. The molecule has 0 bridgehead atoms. The molecule has 1 saturated heterocycles. The van der Waals surface area contributed by atoms with Gasteiger partial charge in [-0.05, 0) is 43.3 Å². The molecule has 1 N–H and O–H groups in total. The van der Waals surface area contributed by atoms with E-state index in [2.05, 4.69) is 51.6 Å². The van der Waals surface area contributed by atoms with Gasteiger partial charge in [-0.15, -0.1) is 11.3 Å². The van der Waals surface area contributed by atoms with Gasteiger partial charge in [-0.25, -0.2) is 0 Å². The van der Waals surface area contributed by atoms with Crippen molar-refractivity contribution >= 4 is 17.3 Å². The van der Waals surface area contributed by atoms with E-state index in [4.69, 9.17) is 0 Å². The number of aliphatic imine (C=N–C) groups is 1. The minimum atomic E-state index is 0.757. The molecule has 1 aliphatic rings. The highest BCUT2D eigenvalue weighted by Gasteiger charge is 2.21. The number of likely N-dealkylation sites (N-methyl/N-ethyl adjacent to an activating group) is 1. The zero-order valence-electron chi connectivity index (χ0n) is 13.5. The second-order valence-corrected chi connectivity index (χ2v) is 6.76. The molecule has 118 valence electrons. The molecule has 1 aromatic rings. The smallest absolute Gasteiger partial charge is 0.193 e. The van der Waals surface area contributed by atoms with Gasteiger partial charge in [-0.1, -0.05) is 13.0 Å². The fourth-order valence-corrected chi connectivity index (χ4v) is 3.52. The van der Waals surface area contributed by atoms with Crippen LogP contribution in [-0.2, 0) is 6.42 Å². The molecule has 1 fully saturated rings. The number of thiophene rings is 1. The van der Waals surface area contributed by atoms with Crippen molar-refractivity contribution in [3.8, 4) is 0 Å². The average Bonchev–Trinajstić information content (AvgIpc) is 3.17. The first-order valence-electron chi connectivity index (χ1n) is 7.89. The molecule has 5 heteroatoms. The summed E-state index contributed by atoms with van der Waals surface area (Å²) < 4.78 is 0. The molecule has 0 saturated carbocycles. The molecule has 21 heavy (non-hydrogen) atoms. The minimum Gasteiger partial charge on any atom is -0.356 e. The summed E-state index contributed by atoms with van der Waals surface area (Å²) in [5.41, 5.74) is 0. The van der Waals surface area contributed by atoms with Crippen LogP contribution in [0.3, 0.4) is 0 Å². The Morgan fingerprint density at radius 2 is 2.43 bits per heavy atom.